The molecule has 1 aromatic rings. The summed E-state index contributed by atoms with van der Waals surface area (Å²) in [6.07, 6.45) is 1.77. The van der Waals surface area contributed by atoms with Crippen LogP contribution >= 0.6 is 27.7 Å². The third-order valence-electron chi connectivity index (χ3n) is 2.34. The van der Waals surface area contributed by atoms with Gasteiger partial charge in [-0.25, -0.2) is 8.42 Å². The highest BCUT2D eigenvalue weighted by molar-refractivity contribution is 9.10. The summed E-state index contributed by atoms with van der Waals surface area (Å²) in [6, 6.07) is 7.97. The molecule has 0 heterocycles. The molecule has 0 aliphatic heterocycles. The summed E-state index contributed by atoms with van der Waals surface area (Å²) in [6.45, 7) is 0. The molecule has 0 bridgehead atoms. The van der Waals surface area contributed by atoms with E-state index < -0.39 is 9.84 Å². The van der Waals surface area contributed by atoms with Crippen LogP contribution < -0.4 is 11.3 Å². The average Bonchev–Trinajstić information content (AvgIpc) is 2.30. The minimum atomic E-state index is -2.93. The second kappa shape index (κ2) is 7.49. The molecule has 0 saturated heterocycles. The minimum Gasteiger partial charge on any atom is -0.271 e. The van der Waals surface area contributed by atoms with Crippen LogP contribution in [0.25, 0.3) is 0 Å². The van der Waals surface area contributed by atoms with Crippen LogP contribution in [0.3, 0.4) is 0 Å². The number of nitrogens with two attached hydrogens (primary N) is 1. The summed E-state index contributed by atoms with van der Waals surface area (Å²) < 4.78 is 23.2. The first-order chi connectivity index (χ1) is 8.40. The average molecular weight is 353 g/mol. The summed E-state index contributed by atoms with van der Waals surface area (Å²) in [4.78, 5) is 1.14. The van der Waals surface area contributed by atoms with E-state index in [0.29, 0.717) is 6.42 Å². The van der Waals surface area contributed by atoms with Crippen molar-refractivity contribution < 1.29 is 8.42 Å². The maximum atomic E-state index is 11.1. The molecule has 1 atom stereocenters. The number of sulfone groups is 1. The number of nitrogens with one attached hydrogen (secondary N) is 1. The first-order valence-electron chi connectivity index (χ1n) is 5.43. The van der Waals surface area contributed by atoms with E-state index in [1.54, 1.807) is 11.8 Å². The van der Waals surface area contributed by atoms with Gasteiger partial charge in [0.25, 0.3) is 0 Å². The molecule has 0 amide bonds. The molecule has 102 valence electrons. The lowest BCUT2D eigenvalue weighted by Crippen LogP contribution is -2.38. The van der Waals surface area contributed by atoms with E-state index in [1.807, 2.05) is 24.3 Å². The van der Waals surface area contributed by atoms with Crippen LogP contribution in [0.2, 0.25) is 0 Å². The molecule has 0 fully saturated rings. The second-order valence-corrected chi connectivity index (χ2v) is 8.32. The van der Waals surface area contributed by atoms with Gasteiger partial charge in [-0.1, -0.05) is 15.9 Å². The fourth-order valence-corrected chi connectivity index (χ4v) is 3.26. The Balaban J connectivity index is 2.42. The van der Waals surface area contributed by atoms with Crippen LogP contribution in [0.1, 0.15) is 6.42 Å². The summed E-state index contributed by atoms with van der Waals surface area (Å²) in [5, 5.41) is 0. The van der Waals surface area contributed by atoms with Gasteiger partial charge in [0.05, 0.1) is 5.75 Å². The molecule has 0 spiro atoms. The Kier molecular flexibility index (Phi) is 6.65. The summed E-state index contributed by atoms with van der Waals surface area (Å²) in [7, 11) is -2.93. The van der Waals surface area contributed by atoms with Crippen molar-refractivity contribution in [3.63, 3.8) is 0 Å². The molecule has 0 aromatic heterocycles. The molecule has 0 saturated carbocycles. The van der Waals surface area contributed by atoms with E-state index in [-0.39, 0.29) is 11.8 Å². The molecular formula is C11H17BrN2O2S2. The predicted octanol–water partition coefficient (Wildman–Crippen LogP) is 1.81. The Morgan fingerprint density at radius 3 is 2.50 bits per heavy atom. The van der Waals surface area contributed by atoms with Crippen LogP contribution in [0.5, 0.6) is 0 Å². The first kappa shape index (κ1) is 16.0. The topological polar surface area (TPSA) is 72.2 Å². The number of hydrogen-bond acceptors (Lipinski definition) is 5. The standard InChI is InChI=1S/C11H17BrN2O2S2/c1-18(15,16)7-6-10(14-13)8-17-11-4-2-9(12)3-5-11/h2-5,10,14H,6-8,13H2,1H3. The molecule has 3 N–H and O–H groups in total. The van der Waals surface area contributed by atoms with Gasteiger partial charge < -0.3 is 0 Å². The van der Waals surface area contributed by atoms with Gasteiger partial charge in [-0.2, -0.15) is 0 Å². The number of thioether (sulfide) groups is 1. The van der Waals surface area contributed by atoms with E-state index in [4.69, 9.17) is 5.84 Å². The maximum absolute atomic E-state index is 11.1. The molecule has 0 aliphatic rings. The van der Waals surface area contributed by atoms with Crippen molar-refractivity contribution >= 4 is 37.5 Å². The maximum Gasteiger partial charge on any atom is 0.147 e. The number of rotatable bonds is 7. The zero-order valence-electron chi connectivity index (χ0n) is 10.1. The van der Waals surface area contributed by atoms with Gasteiger partial charge >= 0.3 is 0 Å². The third-order valence-corrected chi connectivity index (χ3v) is 5.02. The molecule has 7 heteroatoms. The monoisotopic (exact) mass is 352 g/mol. The third kappa shape index (κ3) is 6.75. The zero-order valence-corrected chi connectivity index (χ0v) is 13.3. The SMILES string of the molecule is CS(=O)(=O)CCC(CSc1ccc(Br)cc1)NN. The van der Waals surface area contributed by atoms with Crippen molar-refractivity contribution in [1.29, 1.82) is 0 Å². The van der Waals surface area contributed by atoms with Crippen molar-refractivity contribution in [3.05, 3.63) is 28.7 Å². The Labute approximate surface area is 121 Å². The quantitative estimate of drug-likeness (QED) is 0.444. The van der Waals surface area contributed by atoms with Crippen molar-refractivity contribution in [1.82, 2.24) is 5.43 Å². The van der Waals surface area contributed by atoms with Gasteiger partial charge in [-0.05, 0) is 30.7 Å². The van der Waals surface area contributed by atoms with Crippen LogP contribution in [-0.2, 0) is 9.84 Å². The molecule has 0 aliphatic carbocycles. The number of benzene rings is 1. The number of halogens is 1. The van der Waals surface area contributed by atoms with Gasteiger partial charge in [0.15, 0.2) is 0 Å². The van der Waals surface area contributed by atoms with Gasteiger partial charge in [-0.15, -0.1) is 11.8 Å². The van der Waals surface area contributed by atoms with Crippen molar-refractivity contribution in [3.8, 4) is 0 Å². The fourth-order valence-electron chi connectivity index (χ4n) is 1.30. The van der Waals surface area contributed by atoms with Crippen LogP contribution in [0.4, 0.5) is 0 Å². The van der Waals surface area contributed by atoms with Crippen molar-refractivity contribution in [2.24, 2.45) is 5.84 Å². The van der Waals surface area contributed by atoms with Gasteiger partial charge in [-0.3, -0.25) is 11.3 Å². The van der Waals surface area contributed by atoms with E-state index >= 15 is 0 Å². The van der Waals surface area contributed by atoms with Crippen LogP contribution in [0.15, 0.2) is 33.6 Å². The minimum absolute atomic E-state index is 0.00614. The van der Waals surface area contributed by atoms with Crippen LogP contribution in [0, 0.1) is 0 Å². The molecule has 1 unspecified atom stereocenters. The summed E-state index contributed by atoms with van der Waals surface area (Å²) in [5.41, 5.74) is 2.66. The molecule has 1 aromatic carbocycles. The molecule has 18 heavy (non-hydrogen) atoms. The van der Waals surface area contributed by atoms with Crippen LogP contribution in [-0.4, -0.2) is 32.2 Å². The lowest BCUT2D eigenvalue weighted by atomic mass is 10.3. The predicted molar refractivity (Wildman–Crippen MR) is 80.3 cm³/mol. The van der Waals surface area contributed by atoms with Gasteiger partial charge in [0, 0.05) is 27.4 Å². The molecule has 1 rings (SSSR count). The van der Waals surface area contributed by atoms with E-state index in [0.717, 1.165) is 15.1 Å². The Bertz CT molecular complexity index is 462. The molecule has 0 radical (unpaired) electrons. The fraction of sp³-hybridized carbons (Fsp3) is 0.455. The Morgan fingerprint density at radius 2 is 2.00 bits per heavy atom. The highest BCUT2D eigenvalue weighted by Crippen LogP contribution is 2.21. The largest absolute Gasteiger partial charge is 0.271 e. The van der Waals surface area contributed by atoms with Gasteiger partial charge in [0.1, 0.15) is 9.84 Å². The smallest absolute Gasteiger partial charge is 0.147 e. The lowest BCUT2D eigenvalue weighted by Gasteiger charge is -2.14. The lowest BCUT2D eigenvalue weighted by molar-refractivity contribution is 0.550. The van der Waals surface area contributed by atoms with E-state index in [9.17, 15) is 8.42 Å². The summed E-state index contributed by atoms with van der Waals surface area (Å²) >= 11 is 5.03. The summed E-state index contributed by atoms with van der Waals surface area (Å²) in [5.74, 6) is 6.32. The highest BCUT2D eigenvalue weighted by Gasteiger charge is 2.11. The molecule has 4 nitrogen and oxygen atoms in total. The first-order valence-corrected chi connectivity index (χ1v) is 9.27. The van der Waals surface area contributed by atoms with Crippen molar-refractivity contribution in [2.75, 3.05) is 17.8 Å². The highest BCUT2D eigenvalue weighted by atomic mass is 79.9. The van der Waals surface area contributed by atoms with Gasteiger partial charge in [0.2, 0.25) is 0 Å². The van der Waals surface area contributed by atoms with E-state index in [2.05, 4.69) is 21.4 Å². The molecular weight excluding hydrogens is 336 g/mol. The normalized spacial score (nSPS) is 13.5. The Morgan fingerprint density at radius 1 is 1.39 bits per heavy atom. The Hall–Kier alpha value is -0.0800. The number of hydrogen-bond donors (Lipinski definition) is 2. The van der Waals surface area contributed by atoms with Crippen molar-refractivity contribution in [2.45, 2.75) is 17.4 Å². The zero-order chi connectivity index (χ0) is 13.6. The number of hydrazine groups is 1. The second-order valence-electron chi connectivity index (χ2n) is 4.05. The van der Waals surface area contributed by atoms with E-state index in [1.165, 1.54) is 6.26 Å².